The lowest BCUT2D eigenvalue weighted by Gasteiger charge is -2.08. The molecule has 3 N–H and O–H groups in total. The highest BCUT2D eigenvalue weighted by Crippen LogP contribution is 2.29. The van der Waals surface area contributed by atoms with E-state index < -0.39 is 0 Å². The zero-order valence-electron chi connectivity index (χ0n) is 13.8. The number of nitrogens with one attached hydrogen (secondary N) is 1. The van der Waals surface area contributed by atoms with Crippen LogP contribution in [-0.4, -0.2) is 13.0 Å². The van der Waals surface area contributed by atoms with Gasteiger partial charge in [0.2, 0.25) is 0 Å². The second-order valence-corrected chi connectivity index (χ2v) is 6.45. The van der Waals surface area contributed by atoms with Gasteiger partial charge in [-0.15, -0.1) is 0 Å². The number of nitrogen functional groups attached to an aromatic ring is 1. The summed E-state index contributed by atoms with van der Waals surface area (Å²) in [6, 6.07) is 14.4. The van der Waals surface area contributed by atoms with Crippen molar-refractivity contribution >= 4 is 33.2 Å². The van der Waals surface area contributed by atoms with Crippen LogP contribution in [0.2, 0.25) is 0 Å². The van der Waals surface area contributed by atoms with Crippen molar-refractivity contribution in [1.29, 1.82) is 0 Å². The van der Waals surface area contributed by atoms with E-state index in [9.17, 15) is 4.79 Å². The molecule has 0 atom stereocenters. The molecular formula is C19H17BrN2O3. The van der Waals surface area contributed by atoms with Crippen molar-refractivity contribution in [1.82, 2.24) is 0 Å². The number of hydrogen-bond donors (Lipinski definition) is 2. The smallest absolute Gasteiger partial charge is 0.291 e. The number of ether oxygens (including phenoxy) is 1. The molecule has 0 aliphatic rings. The highest BCUT2D eigenvalue weighted by Gasteiger charge is 2.15. The summed E-state index contributed by atoms with van der Waals surface area (Å²) in [5, 5.41) is 2.75. The summed E-state index contributed by atoms with van der Waals surface area (Å²) in [4.78, 5) is 12.4. The predicted octanol–water partition coefficient (Wildman–Crippen LogP) is 4.86. The lowest BCUT2D eigenvalue weighted by atomic mass is 10.1. The van der Waals surface area contributed by atoms with E-state index >= 15 is 0 Å². The Bertz CT molecular complexity index is 934. The molecule has 0 radical (unpaired) electrons. The fraction of sp³-hybridized carbons (Fsp3) is 0.105. The molecule has 0 bridgehead atoms. The number of furan rings is 1. The van der Waals surface area contributed by atoms with Crippen LogP contribution in [-0.2, 0) is 0 Å². The molecule has 128 valence electrons. The Labute approximate surface area is 153 Å². The maximum Gasteiger partial charge on any atom is 0.291 e. The average Bonchev–Trinajstić information content (AvgIpc) is 3.06. The second kappa shape index (κ2) is 7.03. The number of amides is 1. The fourth-order valence-electron chi connectivity index (χ4n) is 2.47. The molecule has 0 spiro atoms. The molecule has 0 aliphatic carbocycles. The minimum absolute atomic E-state index is 0.215. The lowest BCUT2D eigenvalue weighted by Crippen LogP contribution is -2.12. The SMILES string of the molecule is COc1ccc(NC(=O)c2ccc(-c3ccc(Br)cc3C)o2)c(N)c1. The van der Waals surface area contributed by atoms with E-state index in [1.807, 2.05) is 25.1 Å². The van der Waals surface area contributed by atoms with E-state index in [4.69, 9.17) is 14.9 Å². The molecule has 5 nitrogen and oxygen atoms in total. The number of anilines is 2. The molecule has 3 aromatic rings. The molecular weight excluding hydrogens is 384 g/mol. The van der Waals surface area contributed by atoms with E-state index in [1.54, 1.807) is 37.4 Å². The van der Waals surface area contributed by atoms with Crippen LogP contribution < -0.4 is 15.8 Å². The molecule has 25 heavy (non-hydrogen) atoms. The Morgan fingerprint density at radius 2 is 1.96 bits per heavy atom. The third-order valence-electron chi connectivity index (χ3n) is 3.79. The van der Waals surface area contributed by atoms with Crippen molar-refractivity contribution in [3.8, 4) is 17.1 Å². The highest BCUT2D eigenvalue weighted by atomic mass is 79.9. The molecule has 1 heterocycles. The van der Waals surface area contributed by atoms with E-state index in [1.165, 1.54) is 0 Å². The van der Waals surface area contributed by atoms with E-state index in [0.29, 0.717) is 22.9 Å². The number of aryl methyl sites for hydroxylation is 1. The number of benzene rings is 2. The van der Waals surface area contributed by atoms with Crippen molar-refractivity contribution in [2.75, 3.05) is 18.2 Å². The van der Waals surface area contributed by atoms with Gasteiger partial charge in [0.1, 0.15) is 11.5 Å². The van der Waals surface area contributed by atoms with E-state index in [2.05, 4.69) is 21.2 Å². The van der Waals surface area contributed by atoms with Gasteiger partial charge in [-0.2, -0.15) is 0 Å². The minimum atomic E-state index is -0.363. The second-order valence-electron chi connectivity index (χ2n) is 5.53. The summed E-state index contributed by atoms with van der Waals surface area (Å²) in [5.41, 5.74) is 8.83. The largest absolute Gasteiger partial charge is 0.497 e. The van der Waals surface area contributed by atoms with Crippen molar-refractivity contribution in [2.24, 2.45) is 0 Å². The molecule has 0 aliphatic heterocycles. The van der Waals surface area contributed by atoms with Crippen LogP contribution in [0.1, 0.15) is 16.1 Å². The number of rotatable bonds is 4. The summed E-state index contributed by atoms with van der Waals surface area (Å²) >= 11 is 3.44. The maximum absolute atomic E-state index is 12.4. The Balaban J connectivity index is 1.81. The molecule has 0 saturated carbocycles. The van der Waals surface area contributed by atoms with Gasteiger partial charge in [0.05, 0.1) is 18.5 Å². The number of methoxy groups -OCH3 is 1. The molecule has 0 fully saturated rings. The number of nitrogens with two attached hydrogens (primary N) is 1. The van der Waals surface area contributed by atoms with Gasteiger partial charge in [-0.3, -0.25) is 4.79 Å². The quantitative estimate of drug-likeness (QED) is 0.612. The molecule has 1 aromatic heterocycles. The van der Waals surface area contributed by atoms with Gasteiger partial charge in [-0.05, 0) is 55.0 Å². The minimum Gasteiger partial charge on any atom is -0.497 e. The topological polar surface area (TPSA) is 77.5 Å². The van der Waals surface area contributed by atoms with Crippen molar-refractivity contribution in [3.05, 3.63) is 64.3 Å². The molecule has 0 saturated heterocycles. The molecule has 3 rings (SSSR count). The van der Waals surface area contributed by atoms with Crippen LogP contribution in [0.4, 0.5) is 11.4 Å². The summed E-state index contributed by atoms with van der Waals surface area (Å²) in [7, 11) is 1.56. The van der Waals surface area contributed by atoms with Crippen molar-refractivity contribution < 1.29 is 13.9 Å². The zero-order chi connectivity index (χ0) is 18.0. The van der Waals surface area contributed by atoms with Crippen LogP contribution in [0.3, 0.4) is 0 Å². The Morgan fingerprint density at radius 3 is 2.64 bits per heavy atom. The monoisotopic (exact) mass is 400 g/mol. The first-order chi connectivity index (χ1) is 12.0. The third-order valence-corrected chi connectivity index (χ3v) is 4.28. The number of halogens is 1. The van der Waals surface area contributed by atoms with Gasteiger partial charge in [0, 0.05) is 16.1 Å². The highest BCUT2D eigenvalue weighted by molar-refractivity contribution is 9.10. The Morgan fingerprint density at radius 1 is 1.16 bits per heavy atom. The zero-order valence-corrected chi connectivity index (χ0v) is 15.4. The average molecular weight is 401 g/mol. The van der Waals surface area contributed by atoms with E-state index in [-0.39, 0.29) is 11.7 Å². The van der Waals surface area contributed by atoms with Crippen LogP contribution in [0.25, 0.3) is 11.3 Å². The number of carbonyl (C=O) groups excluding carboxylic acids is 1. The van der Waals surface area contributed by atoms with Gasteiger partial charge in [-0.1, -0.05) is 15.9 Å². The molecule has 6 heteroatoms. The first-order valence-corrected chi connectivity index (χ1v) is 8.38. The van der Waals surface area contributed by atoms with Crippen molar-refractivity contribution in [2.45, 2.75) is 6.92 Å². The first-order valence-electron chi connectivity index (χ1n) is 7.59. The van der Waals surface area contributed by atoms with Gasteiger partial charge in [0.25, 0.3) is 5.91 Å². The first kappa shape index (κ1) is 17.1. The van der Waals surface area contributed by atoms with Crippen molar-refractivity contribution in [3.63, 3.8) is 0 Å². The molecule has 0 unspecified atom stereocenters. The maximum atomic E-state index is 12.4. The van der Waals surface area contributed by atoms with Gasteiger partial charge >= 0.3 is 0 Å². The van der Waals surface area contributed by atoms with Crippen LogP contribution >= 0.6 is 15.9 Å². The summed E-state index contributed by atoms with van der Waals surface area (Å²) in [5.74, 6) is 1.12. The standard InChI is InChI=1S/C19H17BrN2O3/c1-11-9-12(20)3-5-14(11)17-7-8-18(25-17)19(23)22-16-6-4-13(24-2)10-15(16)21/h3-10H,21H2,1-2H3,(H,22,23). The van der Waals surface area contributed by atoms with Crippen LogP contribution in [0, 0.1) is 6.92 Å². The van der Waals surface area contributed by atoms with Gasteiger partial charge in [0.15, 0.2) is 5.76 Å². The van der Waals surface area contributed by atoms with Crippen LogP contribution in [0.15, 0.2) is 57.4 Å². The normalized spacial score (nSPS) is 10.5. The Kier molecular flexibility index (Phi) is 4.81. The number of hydrogen-bond acceptors (Lipinski definition) is 4. The van der Waals surface area contributed by atoms with Gasteiger partial charge in [-0.25, -0.2) is 0 Å². The third kappa shape index (κ3) is 3.69. The summed E-state index contributed by atoms with van der Waals surface area (Å²) in [6.45, 7) is 1.99. The summed E-state index contributed by atoms with van der Waals surface area (Å²) in [6.07, 6.45) is 0. The number of carbonyl (C=O) groups is 1. The fourth-order valence-corrected chi connectivity index (χ4v) is 2.95. The predicted molar refractivity (Wildman–Crippen MR) is 102 cm³/mol. The lowest BCUT2D eigenvalue weighted by molar-refractivity contribution is 0.0997. The van der Waals surface area contributed by atoms with E-state index in [0.717, 1.165) is 15.6 Å². The molecule has 2 aromatic carbocycles. The summed E-state index contributed by atoms with van der Waals surface area (Å²) < 4.78 is 11.8. The Hall–Kier alpha value is -2.73. The van der Waals surface area contributed by atoms with Crippen LogP contribution in [0.5, 0.6) is 5.75 Å². The van der Waals surface area contributed by atoms with Gasteiger partial charge < -0.3 is 20.2 Å². The molecule has 1 amide bonds.